The fraction of sp³-hybridized carbons (Fsp3) is 0.278. The van der Waals surface area contributed by atoms with Gasteiger partial charge in [-0.1, -0.05) is 42.0 Å². The molecule has 0 saturated heterocycles. The van der Waals surface area contributed by atoms with E-state index in [9.17, 15) is 9.90 Å². The quantitative estimate of drug-likeness (QED) is 0.682. The Balaban J connectivity index is 2.08. The van der Waals surface area contributed by atoms with Crippen molar-refractivity contribution in [2.24, 2.45) is 0 Å². The third-order valence-corrected chi connectivity index (χ3v) is 3.42. The first-order valence-electron chi connectivity index (χ1n) is 6.98. The Kier molecular flexibility index (Phi) is 4.76. The van der Waals surface area contributed by atoms with Crippen LogP contribution in [0.25, 0.3) is 5.57 Å². The summed E-state index contributed by atoms with van der Waals surface area (Å²) >= 11 is 0. The second kappa shape index (κ2) is 6.55. The Hall–Kier alpha value is -2.13. The summed E-state index contributed by atoms with van der Waals surface area (Å²) in [4.78, 5) is 10.7. The van der Waals surface area contributed by atoms with Crippen LogP contribution < -0.4 is 0 Å². The number of benzene rings is 1. The molecule has 0 spiro atoms. The second-order valence-electron chi connectivity index (χ2n) is 5.27. The number of carbonyl (C=O) groups excluding carboxylic acids is 1. The molecule has 1 unspecified atom stereocenters. The van der Waals surface area contributed by atoms with Gasteiger partial charge in [-0.15, -0.1) is 0 Å². The molecule has 1 atom stereocenters. The van der Waals surface area contributed by atoms with Gasteiger partial charge < -0.3 is 9.84 Å². The van der Waals surface area contributed by atoms with Crippen molar-refractivity contribution in [2.75, 3.05) is 6.61 Å². The molecule has 0 amide bonds. The zero-order valence-electron chi connectivity index (χ0n) is 12.4. The molecule has 0 aromatic heterocycles. The van der Waals surface area contributed by atoms with Gasteiger partial charge in [0.25, 0.3) is 0 Å². The zero-order chi connectivity index (χ0) is 15.3. The van der Waals surface area contributed by atoms with Gasteiger partial charge in [0.05, 0.1) is 0 Å². The molecule has 0 heterocycles. The van der Waals surface area contributed by atoms with Crippen molar-refractivity contribution in [3.8, 4) is 0 Å². The Morgan fingerprint density at radius 1 is 1.38 bits per heavy atom. The van der Waals surface area contributed by atoms with Crippen LogP contribution in [0.5, 0.6) is 0 Å². The number of allylic oxidation sites excluding steroid dienone is 2. The Morgan fingerprint density at radius 2 is 2.10 bits per heavy atom. The lowest BCUT2D eigenvalue weighted by Crippen LogP contribution is -2.25. The molecule has 3 heteroatoms. The number of esters is 1. The summed E-state index contributed by atoms with van der Waals surface area (Å²) in [5.41, 5.74) is 2.41. The highest BCUT2D eigenvalue weighted by molar-refractivity contribution is 5.78. The predicted molar refractivity (Wildman–Crippen MR) is 83.5 cm³/mol. The van der Waals surface area contributed by atoms with Gasteiger partial charge in [0.2, 0.25) is 0 Å². The van der Waals surface area contributed by atoms with E-state index in [-0.39, 0.29) is 12.6 Å². The molecule has 1 aliphatic rings. The van der Waals surface area contributed by atoms with Gasteiger partial charge in [-0.3, -0.25) is 4.79 Å². The smallest absolute Gasteiger partial charge is 0.302 e. The summed E-state index contributed by atoms with van der Waals surface area (Å²) in [5.74, 6) is -0.326. The van der Waals surface area contributed by atoms with Crippen molar-refractivity contribution in [1.82, 2.24) is 0 Å². The molecule has 2 rings (SSSR count). The van der Waals surface area contributed by atoms with E-state index in [1.165, 1.54) is 6.92 Å². The van der Waals surface area contributed by atoms with Gasteiger partial charge in [-0.05, 0) is 36.3 Å². The molecule has 1 aliphatic carbocycles. The first-order valence-corrected chi connectivity index (χ1v) is 6.98. The first-order chi connectivity index (χ1) is 10.0. The van der Waals surface area contributed by atoms with Crippen LogP contribution in [0, 0.1) is 0 Å². The van der Waals surface area contributed by atoms with Crippen LogP contribution >= 0.6 is 0 Å². The van der Waals surface area contributed by atoms with E-state index >= 15 is 0 Å². The minimum Gasteiger partial charge on any atom is -0.462 e. The SMILES string of the molecule is CC(=O)OCC=CC1(O)C=CC(c2ccccc2)=C(C)C1. The molecule has 1 aromatic rings. The predicted octanol–water partition coefficient (Wildman–Crippen LogP) is 3.27. The van der Waals surface area contributed by atoms with Crippen LogP contribution in [0.3, 0.4) is 0 Å². The molecule has 1 aromatic carbocycles. The number of hydrogen-bond acceptors (Lipinski definition) is 3. The van der Waals surface area contributed by atoms with Crippen LogP contribution in [0.2, 0.25) is 0 Å². The van der Waals surface area contributed by atoms with Crippen molar-refractivity contribution in [3.05, 3.63) is 65.8 Å². The maximum atomic E-state index is 10.7. The monoisotopic (exact) mass is 284 g/mol. The van der Waals surface area contributed by atoms with Crippen molar-refractivity contribution >= 4 is 11.5 Å². The average Bonchev–Trinajstić information content (AvgIpc) is 2.44. The number of aliphatic hydroxyl groups is 1. The first kappa shape index (κ1) is 15.3. The van der Waals surface area contributed by atoms with Gasteiger partial charge in [0.1, 0.15) is 12.2 Å². The number of rotatable bonds is 4. The summed E-state index contributed by atoms with van der Waals surface area (Å²) in [7, 11) is 0. The van der Waals surface area contributed by atoms with Crippen molar-refractivity contribution < 1.29 is 14.6 Å². The standard InChI is InChI=1S/C18H20O3/c1-14-13-18(20,10-6-12-21-15(2)19)11-9-17(14)16-7-4-3-5-8-16/h3-11,20H,12-13H2,1-2H3. The molecule has 3 nitrogen and oxygen atoms in total. The van der Waals surface area contributed by atoms with E-state index in [1.807, 2.05) is 31.2 Å². The van der Waals surface area contributed by atoms with Crippen molar-refractivity contribution in [1.29, 1.82) is 0 Å². The summed E-state index contributed by atoms with van der Waals surface area (Å²) < 4.78 is 4.82. The average molecular weight is 284 g/mol. The third kappa shape index (κ3) is 4.17. The molecule has 110 valence electrons. The minimum atomic E-state index is -1.01. The molecular formula is C18H20O3. The fourth-order valence-corrected chi connectivity index (χ4v) is 2.44. The molecule has 0 bridgehead atoms. The largest absolute Gasteiger partial charge is 0.462 e. The maximum Gasteiger partial charge on any atom is 0.302 e. The number of hydrogen-bond donors (Lipinski definition) is 1. The van der Waals surface area contributed by atoms with Crippen LogP contribution in [-0.4, -0.2) is 23.3 Å². The minimum absolute atomic E-state index is 0.180. The molecular weight excluding hydrogens is 264 g/mol. The number of ether oxygens (including phenoxy) is 1. The Labute approximate surface area is 125 Å². The van der Waals surface area contributed by atoms with E-state index < -0.39 is 5.60 Å². The van der Waals surface area contributed by atoms with Crippen LogP contribution in [0.15, 0.2) is 60.2 Å². The molecule has 21 heavy (non-hydrogen) atoms. The van der Waals surface area contributed by atoms with Crippen LogP contribution in [-0.2, 0) is 9.53 Å². The Bertz CT molecular complexity index is 596. The molecule has 1 N–H and O–H groups in total. The zero-order valence-corrected chi connectivity index (χ0v) is 12.4. The van der Waals surface area contributed by atoms with E-state index in [4.69, 9.17) is 4.74 Å². The van der Waals surface area contributed by atoms with E-state index in [0.717, 1.165) is 16.7 Å². The van der Waals surface area contributed by atoms with Crippen molar-refractivity contribution in [2.45, 2.75) is 25.9 Å². The summed E-state index contributed by atoms with van der Waals surface area (Å²) in [6, 6.07) is 10.1. The van der Waals surface area contributed by atoms with Gasteiger partial charge in [-0.25, -0.2) is 0 Å². The fourth-order valence-electron chi connectivity index (χ4n) is 2.44. The van der Waals surface area contributed by atoms with Gasteiger partial charge in [0.15, 0.2) is 0 Å². The lowest BCUT2D eigenvalue weighted by Gasteiger charge is -2.26. The van der Waals surface area contributed by atoms with Gasteiger partial charge in [-0.2, -0.15) is 0 Å². The van der Waals surface area contributed by atoms with Gasteiger partial charge in [0, 0.05) is 13.3 Å². The maximum absolute atomic E-state index is 10.7. The Morgan fingerprint density at radius 3 is 2.71 bits per heavy atom. The summed E-state index contributed by atoms with van der Waals surface area (Å²) in [6.07, 6.45) is 7.62. The lowest BCUT2D eigenvalue weighted by molar-refractivity contribution is -0.139. The highest BCUT2D eigenvalue weighted by Crippen LogP contribution is 2.32. The summed E-state index contributed by atoms with van der Waals surface area (Å²) in [6.45, 7) is 3.57. The molecule has 0 saturated carbocycles. The van der Waals surface area contributed by atoms with Gasteiger partial charge >= 0.3 is 5.97 Å². The third-order valence-electron chi connectivity index (χ3n) is 3.42. The van der Waals surface area contributed by atoms with Crippen LogP contribution in [0.1, 0.15) is 25.8 Å². The molecule has 0 aliphatic heterocycles. The normalized spacial score (nSPS) is 21.9. The molecule has 0 radical (unpaired) electrons. The van der Waals surface area contributed by atoms with Crippen molar-refractivity contribution in [3.63, 3.8) is 0 Å². The van der Waals surface area contributed by atoms with E-state index in [0.29, 0.717) is 6.42 Å². The highest BCUT2D eigenvalue weighted by Gasteiger charge is 2.25. The topological polar surface area (TPSA) is 46.5 Å². The highest BCUT2D eigenvalue weighted by atomic mass is 16.5. The van der Waals surface area contributed by atoms with Crippen LogP contribution in [0.4, 0.5) is 0 Å². The second-order valence-corrected chi connectivity index (χ2v) is 5.27. The lowest BCUT2D eigenvalue weighted by atomic mass is 9.84. The molecule has 0 fully saturated rings. The number of carbonyl (C=O) groups is 1. The summed E-state index contributed by atoms with van der Waals surface area (Å²) in [5, 5.41) is 10.5. The van der Waals surface area contributed by atoms with E-state index in [1.54, 1.807) is 18.2 Å². The van der Waals surface area contributed by atoms with E-state index in [2.05, 4.69) is 12.1 Å².